The van der Waals surface area contributed by atoms with Crippen LogP contribution in [-0.2, 0) is 4.79 Å². The predicted molar refractivity (Wildman–Crippen MR) is 96.9 cm³/mol. The van der Waals surface area contributed by atoms with Gasteiger partial charge in [-0.15, -0.1) is 5.10 Å². The third-order valence-corrected chi connectivity index (χ3v) is 4.61. The van der Waals surface area contributed by atoms with Gasteiger partial charge in [-0.2, -0.15) is 0 Å². The van der Waals surface area contributed by atoms with Gasteiger partial charge in [0.25, 0.3) is 0 Å². The second kappa shape index (κ2) is 7.48. The van der Waals surface area contributed by atoms with Crippen LogP contribution in [0.2, 0.25) is 0 Å². The molecule has 0 aliphatic rings. The number of nitrogens with one attached hydrogen (secondary N) is 2. The molecular weight excluding hydrogens is 339 g/mol. The zero-order valence-corrected chi connectivity index (χ0v) is 14.6. The topological polar surface area (TPSA) is 70.7 Å². The third-order valence-electron chi connectivity index (χ3n) is 3.65. The number of carbonyl (C=O) groups excluding carboxylic acids is 1. The molecule has 0 bridgehead atoms. The van der Waals surface area contributed by atoms with Gasteiger partial charge in [-0.3, -0.25) is 9.89 Å². The molecule has 1 amide bonds. The molecule has 0 fully saturated rings. The first kappa shape index (κ1) is 17.2. The van der Waals surface area contributed by atoms with Gasteiger partial charge in [0.2, 0.25) is 11.1 Å². The first-order chi connectivity index (χ1) is 12.0. The molecule has 0 spiro atoms. The number of benzene rings is 2. The zero-order chi connectivity index (χ0) is 17.8. The summed E-state index contributed by atoms with van der Waals surface area (Å²) in [5, 5.41) is 9.66. The highest BCUT2D eigenvalue weighted by atomic mass is 32.2. The average Bonchev–Trinajstić information content (AvgIpc) is 3.05. The van der Waals surface area contributed by atoms with E-state index in [1.165, 1.54) is 17.8 Å². The number of H-pyrrole nitrogens is 1. The van der Waals surface area contributed by atoms with Gasteiger partial charge in [0.1, 0.15) is 5.82 Å². The van der Waals surface area contributed by atoms with Crippen molar-refractivity contribution in [1.82, 2.24) is 15.2 Å². The number of hydrogen-bond acceptors (Lipinski definition) is 4. The maximum atomic E-state index is 13.8. The van der Waals surface area contributed by atoms with Gasteiger partial charge in [-0.05, 0) is 37.6 Å². The molecule has 5 nitrogen and oxygen atoms in total. The number of hydrogen-bond donors (Lipinski definition) is 2. The van der Waals surface area contributed by atoms with Gasteiger partial charge in [0, 0.05) is 5.69 Å². The van der Waals surface area contributed by atoms with E-state index >= 15 is 0 Å². The molecule has 0 aliphatic heterocycles. The van der Waals surface area contributed by atoms with Crippen molar-refractivity contribution in [3.63, 3.8) is 0 Å². The number of anilines is 1. The van der Waals surface area contributed by atoms with Gasteiger partial charge in [0.05, 0.1) is 10.8 Å². The van der Waals surface area contributed by atoms with Gasteiger partial charge in [-0.1, -0.05) is 42.1 Å². The fourth-order valence-electron chi connectivity index (χ4n) is 2.23. The van der Waals surface area contributed by atoms with Crippen LogP contribution in [0.1, 0.15) is 12.5 Å². The van der Waals surface area contributed by atoms with Crippen molar-refractivity contribution in [3.8, 4) is 11.4 Å². The number of carbonyl (C=O) groups is 1. The van der Waals surface area contributed by atoms with Crippen molar-refractivity contribution in [2.45, 2.75) is 24.3 Å². The number of rotatable bonds is 5. The lowest BCUT2D eigenvalue weighted by molar-refractivity contribution is -0.115. The number of nitrogens with zero attached hydrogens (tertiary/aromatic N) is 2. The highest BCUT2D eigenvalue weighted by Gasteiger charge is 2.18. The molecule has 3 aromatic rings. The molecule has 128 valence electrons. The Bertz CT molecular complexity index is 896. The van der Waals surface area contributed by atoms with Crippen LogP contribution < -0.4 is 5.32 Å². The van der Waals surface area contributed by atoms with E-state index in [4.69, 9.17) is 0 Å². The molecule has 1 heterocycles. The van der Waals surface area contributed by atoms with Crippen molar-refractivity contribution in [2.24, 2.45) is 0 Å². The Morgan fingerprint density at radius 3 is 2.68 bits per heavy atom. The Morgan fingerprint density at radius 2 is 1.92 bits per heavy atom. The summed E-state index contributed by atoms with van der Waals surface area (Å²) < 4.78 is 13.8. The number of aromatic amines is 1. The van der Waals surface area contributed by atoms with Crippen LogP contribution >= 0.6 is 11.8 Å². The van der Waals surface area contributed by atoms with Crippen LogP contribution in [0.5, 0.6) is 0 Å². The van der Waals surface area contributed by atoms with Crippen LogP contribution in [0.4, 0.5) is 10.1 Å². The SMILES string of the molecule is Cc1ccccc1NC(=O)[C@H](C)Sc1n[nH]c(-c2ccccc2F)n1. The monoisotopic (exact) mass is 356 g/mol. The molecule has 2 N–H and O–H groups in total. The average molecular weight is 356 g/mol. The second-order valence-electron chi connectivity index (χ2n) is 5.51. The molecule has 1 atom stereocenters. The van der Waals surface area contributed by atoms with Crippen molar-refractivity contribution >= 4 is 23.4 Å². The molecule has 25 heavy (non-hydrogen) atoms. The van der Waals surface area contributed by atoms with Crippen molar-refractivity contribution in [3.05, 3.63) is 59.9 Å². The van der Waals surface area contributed by atoms with Crippen LogP contribution in [0.25, 0.3) is 11.4 Å². The summed E-state index contributed by atoms with van der Waals surface area (Å²) in [7, 11) is 0. The molecule has 0 radical (unpaired) electrons. The summed E-state index contributed by atoms with van der Waals surface area (Å²) in [6.45, 7) is 3.71. The molecular formula is C18H17FN4OS. The number of aromatic nitrogens is 3. The lowest BCUT2D eigenvalue weighted by Crippen LogP contribution is -2.22. The first-order valence-electron chi connectivity index (χ1n) is 7.75. The summed E-state index contributed by atoms with van der Waals surface area (Å²) in [6, 6.07) is 13.9. The van der Waals surface area contributed by atoms with E-state index in [-0.39, 0.29) is 11.7 Å². The Balaban J connectivity index is 1.67. The van der Waals surface area contributed by atoms with Crippen LogP contribution in [-0.4, -0.2) is 26.3 Å². The number of halogens is 1. The molecule has 0 saturated heterocycles. The lowest BCUT2D eigenvalue weighted by Gasteiger charge is -2.11. The van der Waals surface area contributed by atoms with E-state index in [1.807, 2.05) is 31.2 Å². The lowest BCUT2D eigenvalue weighted by atomic mass is 10.2. The highest BCUT2D eigenvalue weighted by Crippen LogP contribution is 2.25. The summed E-state index contributed by atoms with van der Waals surface area (Å²) in [6.07, 6.45) is 0. The quantitative estimate of drug-likeness (QED) is 0.677. The Hall–Kier alpha value is -2.67. The molecule has 7 heteroatoms. The summed E-state index contributed by atoms with van der Waals surface area (Å²) in [5.41, 5.74) is 2.12. The van der Waals surface area contributed by atoms with Gasteiger partial charge >= 0.3 is 0 Å². The van der Waals surface area contributed by atoms with E-state index in [0.29, 0.717) is 16.5 Å². The Morgan fingerprint density at radius 1 is 1.20 bits per heavy atom. The summed E-state index contributed by atoms with van der Waals surface area (Å²) in [4.78, 5) is 16.6. The van der Waals surface area contributed by atoms with E-state index in [0.717, 1.165) is 11.3 Å². The molecule has 0 saturated carbocycles. The zero-order valence-electron chi connectivity index (χ0n) is 13.8. The standard InChI is InChI=1S/C18H17FN4OS/c1-11-7-3-6-10-15(11)20-17(24)12(2)25-18-21-16(22-23-18)13-8-4-5-9-14(13)19/h3-10,12H,1-2H3,(H,20,24)(H,21,22,23)/t12-/m0/s1. The normalized spacial score (nSPS) is 12.0. The fraction of sp³-hybridized carbons (Fsp3) is 0.167. The smallest absolute Gasteiger partial charge is 0.237 e. The molecule has 1 aromatic heterocycles. The second-order valence-corrected chi connectivity index (χ2v) is 6.82. The van der Waals surface area contributed by atoms with E-state index in [9.17, 15) is 9.18 Å². The van der Waals surface area contributed by atoms with Crippen LogP contribution in [0, 0.1) is 12.7 Å². The number of aryl methyl sites for hydroxylation is 1. The minimum Gasteiger partial charge on any atom is -0.325 e. The van der Waals surface area contributed by atoms with Gasteiger partial charge in [-0.25, -0.2) is 9.37 Å². The van der Waals surface area contributed by atoms with E-state index in [1.54, 1.807) is 25.1 Å². The minimum absolute atomic E-state index is 0.142. The van der Waals surface area contributed by atoms with Gasteiger partial charge < -0.3 is 5.32 Å². The molecule has 2 aromatic carbocycles. The van der Waals surface area contributed by atoms with Crippen LogP contribution in [0.15, 0.2) is 53.7 Å². The Kier molecular flexibility index (Phi) is 5.14. The number of amides is 1. The Labute approximate surface area is 149 Å². The van der Waals surface area contributed by atoms with Crippen molar-refractivity contribution in [2.75, 3.05) is 5.32 Å². The first-order valence-corrected chi connectivity index (χ1v) is 8.63. The maximum Gasteiger partial charge on any atom is 0.237 e. The highest BCUT2D eigenvalue weighted by molar-refractivity contribution is 8.00. The number of thioether (sulfide) groups is 1. The van der Waals surface area contributed by atoms with E-state index in [2.05, 4.69) is 20.5 Å². The summed E-state index contributed by atoms with van der Waals surface area (Å²) >= 11 is 1.21. The fourth-order valence-corrected chi connectivity index (χ4v) is 2.96. The molecule has 0 aliphatic carbocycles. The molecule has 3 rings (SSSR count). The number of para-hydroxylation sites is 1. The van der Waals surface area contributed by atoms with E-state index < -0.39 is 5.25 Å². The van der Waals surface area contributed by atoms with Gasteiger partial charge in [0.15, 0.2) is 5.82 Å². The van der Waals surface area contributed by atoms with Crippen molar-refractivity contribution in [1.29, 1.82) is 0 Å². The predicted octanol–water partition coefficient (Wildman–Crippen LogP) is 4.04. The molecule has 0 unspecified atom stereocenters. The maximum absolute atomic E-state index is 13.8. The third kappa shape index (κ3) is 4.06. The summed E-state index contributed by atoms with van der Waals surface area (Å²) in [5.74, 6) is -0.177. The minimum atomic E-state index is -0.399. The van der Waals surface area contributed by atoms with Crippen molar-refractivity contribution < 1.29 is 9.18 Å². The largest absolute Gasteiger partial charge is 0.325 e. The van der Waals surface area contributed by atoms with Crippen LogP contribution in [0.3, 0.4) is 0 Å².